The number of hydrazone groups is 2. The zero-order valence-corrected chi connectivity index (χ0v) is 57.6. The summed E-state index contributed by atoms with van der Waals surface area (Å²) in [5.74, 6) is -3.49. The number of hydrogen-bond donors (Lipinski definition) is 2. The topological polar surface area (TPSA) is 499 Å². The molecule has 2 unspecified atom stereocenters. The van der Waals surface area contributed by atoms with E-state index in [1.165, 1.54) is 72.8 Å². The molecule has 2 aliphatic heterocycles. The number of nitrogens with zero attached hydrogens (tertiary/aromatic N) is 16. The van der Waals surface area contributed by atoms with E-state index in [4.69, 9.17) is 0 Å². The summed E-state index contributed by atoms with van der Waals surface area (Å²) >= 11 is 0. The molecule has 8 aromatic carbocycles. The molecule has 2 N–H and O–H groups in total. The number of sulfonamides is 2. The number of azo groups is 4. The van der Waals surface area contributed by atoms with E-state index in [1.54, 1.807) is 88.4 Å². The van der Waals surface area contributed by atoms with Gasteiger partial charge in [-0.2, -0.15) is 61.1 Å². The van der Waals surface area contributed by atoms with Crippen molar-refractivity contribution < 1.29 is 89.6 Å². The number of carbonyl (C=O) groups excluding carboxylic acids is 2. The molecule has 10 aromatic rings. The van der Waals surface area contributed by atoms with Crippen LogP contribution < -0.4 is 39.9 Å². The molecule has 2 atom stereocenters. The molecule has 2 aliphatic rings. The minimum Gasteiger partial charge on any atom is -0.871 e. The van der Waals surface area contributed by atoms with E-state index in [9.17, 15) is 72.8 Å². The van der Waals surface area contributed by atoms with Gasteiger partial charge in [0.15, 0.2) is 12.1 Å². The maximum atomic E-state index is 13.2. The molecule has 2 aromatic heterocycles. The second-order valence-electron chi connectivity index (χ2n) is 21.9. The summed E-state index contributed by atoms with van der Waals surface area (Å²) in [6.45, 7) is 6.23. The number of amides is 2. The fraction of sp³-hybridized carbons (Fsp3) is 0.0938. The Morgan fingerprint density at radius 1 is 0.398 bits per heavy atom. The van der Waals surface area contributed by atoms with Crippen molar-refractivity contribution in [1.82, 2.24) is 19.6 Å². The van der Waals surface area contributed by atoms with E-state index in [1.807, 2.05) is 0 Å². The van der Waals surface area contributed by atoms with Gasteiger partial charge in [0.1, 0.15) is 31.6 Å². The molecule has 0 bridgehead atoms. The normalized spacial score (nSPS) is 15.0. The summed E-state index contributed by atoms with van der Waals surface area (Å²) < 4.78 is 127. The van der Waals surface area contributed by atoms with Gasteiger partial charge in [0, 0.05) is 23.1 Å². The van der Waals surface area contributed by atoms with Gasteiger partial charge in [-0.25, -0.2) is 43.0 Å². The Morgan fingerprint density at radius 3 is 1.06 bits per heavy atom. The minimum absolute atomic E-state index is 0. The van der Waals surface area contributed by atoms with Crippen LogP contribution in [0.4, 0.5) is 56.9 Å². The van der Waals surface area contributed by atoms with Gasteiger partial charge in [0.2, 0.25) is 0 Å². The third-order valence-corrected chi connectivity index (χ3v) is 19.2. The van der Waals surface area contributed by atoms with E-state index < -0.39 is 97.2 Å². The Hall–Kier alpha value is -12.1. The van der Waals surface area contributed by atoms with Gasteiger partial charge in [0.25, 0.3) is 31.9 Å². The van der Waals surface area contributed by atoms with Crippen LogP contribution in [0.25, 0.3) is 11.4 Å². The monoisotopic (exact) mass is 1510 g/mol. The first kappa shape index (κ1) is 73.6. The molecule has 526 valence electrons. The molecular weight excluding hydrogens is 1460 g/mol. The zero-order valence-electron chi connectivity index (χ0n) is 53.3. The van der Waals surface area contributed by atoms with Crippen molar-refractivity contribution in [3.63, 3.8) is 0 Å². The van der Waals surface area contributed by atoms with Gasteiger partial charge in [-0.05, 0) is 173 Å². The van der Waals surface area contributed by atoms with E-state index in [0.717, 1.165) is 80.0 Å². The summed E-state index contributed by atoms with van der Waals surface area (Å²) in [4.78, 5) is 24.4. The second-order valence-corrected chi connectivity index (χ2v) is 28.0. The van der Waals surface area contributed by atoms with E-state index >= 15 is 0 Å². The summed E-state index contributed by atoms with van der Waals surface area (Å²) in [7, 11) is -17.8. The number of nitrogens with one attached hydrogen (secondary N) is 2. The number of aromatic nitrogens is 4. The van der Waals surface area contributed by atoms with Gasteiger partial charge in [-0.1, -0.05) is 60.0 Å². The molecule has 4 heterocycles. The van der Waals surface area contributed by atoms with Gasteiger partial charge < -0.3 is 29.5 Å². The molecule has 39 heteroatoms. The minimum atomic E-state index is -4.66. The Labute approximate surface area is 596 Å². The quantitative estimate of drug-likeness (QED) is 0.0532. The summed E-state index contributed by atoms with van der Waals surface area (Å²) in [5.41, 5.74) is 2.63. The van der Waals surface area contributed by atoms with Crippen LogP contribution in [0, 0.1) is 13.8 Å². The Balaban J connectivity index is 0.000000219. The zero-order chi connectivity index (χ0) is 73.0. The molecule has 0 aliphatic carbocycles. The van der Waals surface area contributed by atoms with Crippen molar-refractivity contribution in [2.75, 3.05) is 19.5 Å². The van der Waals surface area contributed by atoms with Crippen molar-refractivity contribution >= 4 is 120 Å². The number of benzene rings is 8. The summed E-state index contributed by atoms with van der Waals surface area (Å²) in [6, 6.07) is 42.2. The van der Waals surface area contributed by atoms with Crippen LogP contribution in [0.5, 0.6) is 23.3 Å². The van der Waals surface area contributed by atoms with Gasteiger partial charge in [0.05, 0.1) is 87.9 Å². The first-order valence-electron chi connectivity index (χ1n) is 29.5. The third kappa shape index (κ3) is 16.7. The molecule has 0 fully saturated rings. The van der Waals surface area contributed by atoms with Crippen molar-refractivity contribution in [2.24, 2.45) is 51.1 Å². The Kier molecular flexibility index (Phi) is 21.4. The van der Waals surface area contributed by atoms with Crippen molar-refractivity contribution in [1.29, 1.82) is 0 Å². The molecular formula is C64H48CoN18O16S4-3. The molecule has 0 saturated heterocycles. The van der Waals surface area contributed by atoms with Crippen LogP contribution in [-0.4, -0.2) is 97.7 Å². The second kappa shape index (κ2) is 30.0. The SMILES string of the molecule is CC1=NN(c2ccc(S(=O)(=O)[O-])cc2)C(=O)C1N=Nc1ccc(NS(=O)(=O)c2ccc([O-])c(N=Nc3c(C)nn(-c4ccccc4)c3[O-])c2)cc1.CC1=NN(c2ccc(S(=O)(=O)[O-])cc2)C(=O)C1N=Nc1ccc(NS(=O)(=O)c2ccc([O-])c(N=Nc3c(C)nn(-c4ccccc4)c3[O-])c2)cc1.[Co+3]. The number of rotatable bonds is 20. The molecule has 34 nitrogen and oxygen atoms in total. The predicted octanol–water partition coefficient (Wildman–Crippen LogP) is 8.64. The van der Waals surface area contributed by atoms with E-state index in [2.05, 4.69) is 70.8 Å². The van der Waals surface area contributed by atoms with Crippen LogP contribution in [0.15, 0.2) is 265 Å². The van der Waals surface area contributed by atoms with Crippen LogP contribution in [0.3, 0.4) is 0 Å². The van der Waals surface area contributed by atoms with Gasteiger partial charge in [-0.3, -0.25) is 19.0 Å². The average Bonchev–Trinajstić information content (AvgIpc) is 1.60. The molecule has 2 amide bonds. The van der Waals surface area contributed by atoms with Crippen LogP contribution in [0.2, 0.25) is 0 Å². The summed E-state index contributed by atoms with van der Waals surface area (Å²) in [6.07, 6.45) is 0. The maximum Gasteiger partial charge on any atom is 3.00 e. The third-order valence-electron chi connectivity index (χ3n) is 14.7. The smallest absolute Gasteiger partial charge is 0.871 e. The number of hydrogen-bond acceptors (Lipinski definition) is 28. The van der Waals surface area contributed by atoms with Crippen molar-refractivity contribution in [2.45, 2.75) is 59.4 Å². The number of anilines is 4. The fourth-order valence-corrected chi connectivity index (χ4v) is 12.6. The molecule has 0 spiro atoms. The molecule has 0 radical (unpaired) electrons. The predicted molar refractivity (Wildman–Crippen MR) is 357 cm³/mol. The standard InChI is InChI=1S/2C32H27N9O8S2.Co/c2*1-19-29(31(43)41(38-19)24-12-14-25(15-13-24)51(47,48)49)35-33-21-8-10-22(11-9-21)39-50(45,46)26-16-17-28(42)27(18-26)34-36-30-20(2)37-40(32(30)44)23-6-4-3-5-7-23;/h2*3-18,29,39,42,44H,1-2H3,(H,47,48,49);/q;;+3/p-6. The number of para-hydroxylation sites is 2. The van der Waals surface area contributed by atoms with E-state index in [-0.39, 0.29) is 94.8 Å². The van der Waals surface area contributed by atoms with Crippen molar-refractivity contribution in [3.8, 4) is 34.6 Å². The molecule has 103 heavy (non-hydrogen) atoms. The Bertz CT molecular complexity index is 5250. The van der Waals surface area contributed by atoms with Crippen LogP contribution >= 0.6 is 0 Å². The maximum absolute atomic E-state index is 13.2. The van der Waals surface area contributed by atoms with Crippen LogP contribution in [0.1, 0.15) is 25.2 Å². The van der Waals surface area contributed by atoms with Gasteiger partial charge in [-0.15, -0.1) is 10.2 Å². The molecule has 12 rings (SSSR count). The Morgan fingerprint density at radius 2 is 0.728 bits per heavy atom. The number of aryl methyl sites for hydroxylation is 2. The summed E-state index contributed by atoms with van der Waals surface area (Å²) in [5, 5.41) is 101. The average molecular weight is 1510 g/mol. The first-order chi connectivity index (χ1) is 48.4. The van der Waals surface area contributed by atoms with Crippen LogP contribution in [-0.2, 0) is 66.7 Å². The first-order valence-corrected chi connectivity index (χ1v) is 35.3. The number of carbonyl (C=O) groups is 2. The fourth-order valence-electron chi connectivity index (χ4n) is 9.53. The van der Waals surface area contributed by atoms with Gasteiger partial charge >= 0.3 is 16.8 Å². The largest absolute Gasteiger partial charge is 3.00 e. The molecule has 0 saturated carbocycles. The van der Waals surface area contributed by atoms with E-state index in [0.29, 0.717) is 22.8 Å². The van der Waals surface area contributed by atoms with Crippen molar-refractivity contribution in [3.05, 3.63) is 206 Å².